The zero-order valence-electron chi connectivity index (χ0n) is 11.0. The van der Waals surface area contributed by atoms with E-state index in [1.165, 1.54) is 0 Å². The van der Waals surface area contributed by atoms with Crippen LogP contribution in [0.25, 0.3) is 11.0 Å². The summed E-state index contributed by atoms with van der Waals surface area (Å²) < 4.78 is 5.81. The van der Waals surface area contributed by atoms with Crippen molar-refractivity contribution in [1.29, 1.82) is 0 Å². The van der Waals surface area contributed by atoms with Crippen molar-refractivity contribution in [1.82, 2.24) is 4.90 Å². The molecule has 1 aromatic heterocycles. The van der Waals surface area contributed by atoms with Gasteiger partial charge in [-0.2, -0.15) is 0 Å². The summed E-state index contributed by atoms with van der Waals surface area (Å²) in [6.07, 6.45) is 1.41. The van der Waals surface area contributed by atoms with Crippen molar-refractivity contribution in [3.05, 3.63) is 35.0 Å². The van der Waals surface area contributed by atoms with Crippen molar-refractivity contribution in [2.45, 2.75) is 25.4 Å². The Kier molecular flexibility index (Phi) is 3.29. The number of para-hydroxylation sites is 1. The highest BCUT2D eigenvalue weighted by molar-refractivity contribution is 6.34. The summed E-state index contributed by atoms with van der Waals surface area (Å²) in [5, 5.41) is 12.3. The van der Waals surface area contributed by atoms with E-state index in [-0.39, 0.29) is 0 Å². The molecule has 1 N–H and O–H groups in total. The molecule has 0 radical (unpaired) electrons. The van der Waals surface area contributed by atoms with Crippen molar-refractivity contribution in [3.63, 3.8) is 0 Å². The van der Waals surface area contributed by atoms with Crippen molar-refractivity contribution < 1.29 is 9.52 Å². The van der Waals surface area contributed by atoms with Gasteiger partial charge in [0, 0.05) is 18.5 Å². The molecule has 0 saturated carbocycles. The Morgan fingerprint density at radius 2 is 2.11 bits per heavy atom. The molecule has 1 aliphatic rings. The first kappa shape index (κ1) is 13.0. The van der Waals surface area contributed by atoms with Crippen LogP contribution in [0, 0.1) is 0 Å². The number of aliphatic hydroxyl groups is 1. The van der Waals surface area contributed by atoms with Gasteiger partial charge in [0.1, 0.15) is 11.4 Å². The number of piperidine rings is 1. The molecule has 0 unspecified atom stereocenters. The molecule has 0 amide bonds. The number of halogens is 1. The molecular weight excluding hydrogens is 262 g/mol. The standard InChI is InChI=1S/C15H18ClNO2/c1-2-17-8-6-15(18,7-9-17)13-10-11-4-3-5-12(16)14(11)19-13/h3-5,10,18H,2,6-9H2,1H3. The van der Waals surface area contributed by atoms with Crippen LogP contribution in [-0.2, 0) is 5.60 Å². The smallest absolute Gasteiger partial charge is 0.153 e. The highest BCUT2D eigenvalue weighted by atomic mass is 35.5. The van der Waals surface area contributed by atoms with Crippen molar-refractivity contribution >= 4 is 22.6 Å². The number of benzene rings is 1. The third-order valence-electron chi connectivity index (χ3n) is 4.09. The lowest BCUT2D eigenvalue weighted by Gasteiger charge is -2.36. The molecule has 0 atom stereocenters. The van der Waals surface area contributed by atoms with E-state index in [0.29, 0.717) is 29.2 Å². The highest BCUT2D eigenvalue weighted by Crippen LogP contribution is 2.37. The van der Waals surface area contributed by atoms with E-state index >= 15 is 0 Å². The SMILES string of the molecule is CCN1CCC(O)(c2cc3cccc(Cl)c3o2)CC1. The summed E-state index contributed by atoms with van der Waals surface area (Å²) in [4.78, 5) is 2.34. The van der Waals surface area contributed by atoms with Gasteiger partial charge >= 0.3 is 0 Å². The quantitative estimate of drug-likeness (QED) is 0.915. The van der Waals surface area contributed by atoms with Crippen LogP contribution in [0.3, 0.4) is 0 Å². The molecule has 0 bridgehead atoms. The zero-order valence-corrected chi connectivity index (χ0v) is 11.8. The second-order valence-electron chi connectivity index (χ2n) is 5.23. The van der Waals surface area contributed by atoms with Crippen LogP contribution in [0.2, 0.25) is 5.02 Å². The molecule has 1 saturated heterocycles. The number of rotatable bonds is 2. The van der Waals surface area contributed by atoms with Gasteiger partial charge in [-0.3, -0.25) is 0 Å². The van der Waals surface area contributed by atoms with Crippen molar-refractivity contribution in [2.75, 3.05) is 19.6 Å². The molecule has 1 aromatic carbocycles. The zero-order chi connectivity index (χ0) is 13.5. The summed E-state index contributed by atoms with van der Waals surface area (Å²) in [5.74, 6) is 0.645. The second-order valence-corrected chi connectivity index (χ2v) is 5.64. The largest absolute Gasteiger partial charge is 0.456 e. The molecular formula is C15H18ClNO2. The number of hydrogen-bond donors (Lipinski definition) is 1. The Morgan fingerprint density at radius 1 is 1.37 bits per heavy atom. The summed E-state index contributed by atoms with van der Waals surface area (Å²) in [6.45, 7) is 4.98. The molecule has 102 valence electrons. The molecule has 2 aromatic rings. The minimum Gasteiger partial charge on any atom is -0.456 e. The molecule has 2 heterocycles. The monoisotopic (exact) mass is 279 g/mol. The predicted molar refractivity (Wildman–Crippen MR) is 76.5 cm³/mol. The predicted octanol–water partition coefficient (Wildman–Crippen LogP) is 3.39. The Balaban J connectivity index is 1.93. The van der Waals surface area contributed by atoms with Gasteiger partial charge in [0.15, 0.2) is 5.58 Å². The lowest BCUT2D eigenvalue weighted by molar-refractivity contribution is -0.0399. The van der Waals surface area contributed by atoms with Gasteiger partial charge in [-0.25, -0.2) is 0 Å². The van der Waals surface area contributed by atoms with Crippen molar-refractivity contribution in [3.8, 4) is 0 Å². The van der Waals surface area contributed by atoms with Crippen LogP contribution in [0.4, 0.5) is 0 Å². The molecule has 19 heavy (non-hydrogen) atoms. The third-order valence-corrected chi connectivity index (χ3v) is 4.38. The number of nitrogens with zero attached hydrogens (tertiary/aromatic N) is 1. The minimum absolute atomic E-state index is 0.596. The Morgan fingerprint density at radius 3 is 2.74 bits per heavy atom. The molecule has 3 nitrogen and oxygen atoms in total. The van der Waals surface area contributed by atoms with Crippen LogP contribution in [0.1, 0.15) is 25.5 Å². The number of furan rings is 1. The summed E-state index contributed by atoms with van der Waals surface area (Å²) >= 11 is 6.12. The maximum Gasteiger partial charge on any atom is 0.153 e. The normalized spacial score (nSPS) is 19.9. The molecule has 0 aliphatic carbocycles. The van der Waals surface area contributed by atoms with Crippen LogP contribution in [0.15, 0.2) is 28.7 Å². The van der Waals surface area contributed by atoms with E-state index in [4.69, 9.17) is 16.0 Å². The lowest BCUT2D eigenvalue weighted by atomic mass is 9.89. The maximum atomic E-state index is 10.8. The van der Waals surface area contributed by atoms with E-state index in [2.05, 4.69) is 11.8 Å². The van der Waals surface area contributed by atoms with Crippen LogP contribution in [-0.4, -0.2) is 29.6 Å². The molecule has 1 aliphatic heterocycles. The fourth-order valence-corrected chi connectivity index (χ4v) is 2.96. The fraction of sp³-hybridized carbons (Fsp3) is 0.467. The van der Waals surface area contributed by atoms with E-state index < -0.39 is 5.60 Å². The average molecular weight is 280 g/mol. The fourth-order valence-electron chi connectivity index (χ4n) is 2.74. The van der Waals surface area contributed by atoms with E-state index in [1.54, 1.807) is 6.07 Å². The number of fused-ring (bicyclic) bond motifs is 1. The molecule has 3 rings (SSSR count). The highest BCUT2D eigenvalue weighted by Gasteiger charge is 2.36. The summed E-state index contributed by atoms with van der Waals surface area (Å²) in [7, 11) is 0. The van der Waals surface area contributed by atoms with Gasteiger partial charge in [-0.15, -0.1) is 0 Å². The average Bonchev–Trinajstić information content (AvgIpc) is 2.86. The van der Waals surface area contributed by atoms with Gasteiger partial charge in [-0.1, -0.05) is 30.7 Å². The van der Waals surface area contributed by atoms with Gasteiger partial charge in [0.05, 0.1) is 5.02 Å². The number of likely N-dealkylation sites (tertiary alicyclic amines) is 1. The first-order chi connectivity index (χ1) is 9.12. The van der Waals surface area contributed by atoms with E-state index in [9.17, 15) is 5.11 Å². The summed E-state index contributed by atoms with van der Waals surface area (Å²) in [6, 6.07) is 7.58. The Bertz CT molecular complexity index is 585. The molecule has 1 fully saturated rings. The van der Waals surface area contributed by atoms with E-state index in [0.717, 1.165) is 25.0 Å². The van der Waals surface area contributed by atoms with Crippen LogP contribution in [0.5, 0.6) is 0 Å². The topological polar surface area (TPSA) is 36.6 Å². The Hall–Kier alpha value is -1.03. The minimum atomic E-state index is -0.853. The first-order valence-electron chi connectivity index (χ1n) is 6.76. The van der Waals surface area contributed by atoms with Crippen LogP contribution >= 0.6 is 11.6 Å². The van der Waals surface area contributed by atoms with Gasteiger partial charge in [0.2, 0.25) is 0 Å². The second kappa shape index (κ2) is 4.82. The van der Waals surface area contributed by atoms with E-state index in [1.807, 2.05) is 18.2 Å². The molecule has 4 heteroatoms. The third kappa shape index (κ3) is 2.27. The summed E-state index contributed by atoms with van der Waals surface area (Å²) in [5.41, 5.74) is -0.181. The maximum absolute atomic E-state index is 10.8. The number of hydrogen-bond acceptors (Lipinski definition) is 3. The van der Waals surface area contributed by atoms with Crippen LogP contribution < -0.4 is 0 Å². The van der Waals surface area contributed by atoms with Gasteiger partial charge < -0.3 is 14.4 Å². The van der Waals surface area contributed by atoms with Gasteiger partial charge in [-0.05, 0) is 31.5 Å². The lowest BCUT2D eigenvalue weighted by Crippen LogP contribution is -2.42. The van der Waals surface area contributed by atoms with Gasteiger partial charge in [0.25, 0.3) is 0 Å². The Labute approximate surface area is 117 Å². The first-order valence-corrected chi connectivity index (χ1v) is 7.13. The molecule has 0 spiro atoms. The van der Waals surface area contributed by atoms with Crippen molar-refractivity contribution in [2.24, 2.45) is 0 Å².